The van der Waals surface area contributed by atoms with Gasteiger partial charge in [0.15, 0.2) is 5.65 Å². The topological polar surface area (TPSA) is 93.3 Å². The Hall–Kier alpha value is -4.46. The minimum absolute atomic E-state index is 0.146. The normalized spacial score (nSPS) is 12.2. The molecule has 0 fully saturated rings. The van der Waals surface area contributed by atoms with Gasteiger partial charge in [0.2, 0.25) is 0 Å². The van der Waals surface area contributed by atoms with Crippen molar-refractivity contribution in [2.75, 3.05) is 5.32 Å². The van der Waals surface area contributed by atoms with Crippen LogP contribution in [0.5, 0.6) is 0 Å². The fourth-order valence-electron chi connectivity index (χ4n) is 4.58. The van der Waals surface area contributed by atoms with Crippen LogP contribution in [0.1, 0.15) is 48.6 Å². The molecule has 0 aliphatic heterocycles. The second-order valence-electron chi connectivity index (χ2n) is 9.16. The molecule has 0 saturated carbocycles. The van der Waals surface area contributed by atoms with E-state index >= 15 is 0 Å². The lowest BCUT2D eigenvalue weighted by Gasteiger charge is -2.22. The fourth-order valence-corrected chi connectivity index (χ4v) is 4.58. The van der Waals surface area contributed by atoms with Crippen LogP contribution in [0.25, 0.3) is 22.1 Å². The smallest absolute Gasteiger partial charge is 0.265 e. The highest BCUT2D eigenvalue weighted by Crippen LogP contribution is 2.26. The Bertz CT molecular complexity index is 1640. The van der Waals surface area contributed by atoms with Gasteiger partial charge in [-0.05, 0) is 63.4 Å². The number of anilines is 1. The van der Waals surface area contributed by atoms with Crippen molar-refractivity contribution in [2.24, 2.45) is 0 Å². The Balaban J connectivity index is 1.64. The number of pyridine rings is 1. The number of fused-ring (bicyclic) bond motifs is 2. The Kier molecular flexibility index (Phi) is 6.01. The Labute approximate surface area is 208 Å². The lowest BCUT2D eigenvalue weighted by Crippen LogP contribution is -2.32. The van der Waals surface area contributed by atoms with Crippen molar-refractivity contribution in [3.8, 4) is 5.69 Å². The monoisotopic (exact) mass is 480 g/mol. The highest BCUT2D eigenvalue weighted by Gasteiger charge is 2.23. The van der Waals surface area contributed by atoms with E-state index in [9.17, 15) is 9.59 Å². The molecule has 3 aromatic heterocycles. The molecule has 0 aliphatic carbocycles. The molecule has 0 unspecified atom stereocenters. The zero-order chi connectivity index (χ0) is 25.4. The van der Waals surface area contributed by atoms with E-state index in [1.54, 1.807) is 34.5 Å². The van der Waals surface area contributed by atoms with Crippen LogP contribution in [0.15, 0.2) is 77.9 Å². The lowest BCUT2D eigenvalue weighted by atomic mass is 10.0. The third-order valence-electron chi connectivity index (χ3n) is 6.12. The van der Waals surface area contributed by atoms with Crippen LogP contribution in [0, 0.1) is 6.92 Å². The number of para-hydroxylation sites is 1. The van der Waals surface area contributed by atoms with Crippen molar-refractivity contribution in [3.63, 3.8) is 0 Å². The number of hydrogen-bond acceptors (Lipinski definition) is 5. The van der Waals surface area contributed by atoms with Gasteiger partial charge >= 0.3 is 0 Å². The summed E-state index contributed by atoms with van der Waals surface area (Å²) in [7, 11) is 0. The molecule has 0 saturated heterocycles. The van der Waals surface area contributed by atoms with Crippen LogP contribution in [-0.4, -0.2) is 31.1 Å². The van der Waals surface area contributed by atoms with E-state index in [-0.39, 0.29) is 17.5 Å². The molecule has 0 radical (unpaired) electrons. The van der Waals surface area contributed by atoms with E-state index in [1.807, 2.05) is 75.4 Å². The summed E-state index contributed by atoms with van der Waals surface area (Å²) >= 11 is 0. The quantitative estimate of drug-likeness (QED) is 0.369. The molecule has 5 aromatic rings. The number of nitrogens with zero attached hydrogens (tertiary/aromatic N) is 4. The molecule has 1 amide bonds. The Morgan fingerprint density at radius 2 is 1.78 bits per heavy atom. The Morgan fingerprint density at radius 1 is 1.00 bits per heavy atom. The van der Waals surface area contributed by atoms with Crippen LogP contribution >= 0.6 is 0 Å². The van der Waals surface area contributed by atoms with Crippen molar-refractivity contribution < 1.29 is 4.79 Å². The number of amides is 1. The molecular formula is C28H28N6O2. The van der Waals surface area contributed by atoms with Gasteiger partial charge in [-0.25, -0.2) is 9.50 Å². The maximum atomic E-state index is 14.0. The summed E-state index contributed by atoms with van der Waals surface area (Å²) in [4.78, 5) is 31.7. The van der Waals surface area contributed by atoms with Gasteiger partial charge in [0.1, 0.15) is 5.56 Å². The number of hydrogen-bond donors (Lipinski definition) is 2. The molecular weight excluding hydrogens is 452 g/mol. The zero-order valence-electron chi connectivity index (χ0n) is 20.7. The van der Waals surface area contributed by atoms with Gasteiger partial charge in [-0.15, -0.1) is 0 Å². The van der Waals surface area contributed by atoms with Crippen molar-refractivity contribution in [2.45, 2.75) is 39.8 Å². The minimum Gasteiger partial charge on any atom is -0.382 e. The van der Waals surface area contributed by atoms with Gasteiger partial charge < -0.3 is 10.6 Å². The number of nitrogens with one attached hydrogen (secondary N) is 2. The molecule has 5 rings (SSSR count). The van der Waals surface area contributed by atoms with Gasteiger partial charge in [0.25, 0.3) is 11.5 Å². The zero-order valence-corrected chi connectivity index (χ0v) is 20.7. The first-order valence-electron chi connectivity index (χ1n) is 12.0. The van der Waals surface area contributed by atoms with Crippen LogP contribution < -0.4 is 16.2 Å². The number of carbonyl (C=O) groups excluding carboxylic acids is 1. The van der Waals surface area contributed by atoms with Crippen LogP contribution in [0.4, 0.5) is 5.69 Å². The summed E-state index contributed by atoms with van der Waals surface area (Å²) in [6.07, 6.45) is 3.39. The second-order valence-corrected chi connectivity index (χ2v) is 9.16. The molecule has 8 nitrogen and oxygen atoms in total. The third-order valence-corrected chi connectivity index (χ3v) is 6.12. The van der Waals surface area contributed by atoms with Gasteiger partial charge in [0.05, 0.1) is 17.1 Å². The average molecular weight is 481 g/mol. The van der Waals surface area contributed by atoms with E-state index < -0.39 is 6.04 Å². The van der Waals surface area contributed by atoms with Gasteiger partial charge in [0, 0.05) is 35.5 Å². The summed E-state index contributed by atoms with van der Waals surface area (Å²) in [5.41, 5.74) is 3.54. The SMILES string of the molecule is Cc1nn2cccnc2c1C(=O)N[C@@H](C)c1cc2cccc(NC(C)C)c2c(=O)n1-c1ccccc1. The van der Waals surface area contributed by atoms with E-state index in [4.69, 9.17) is 0 Å². The predicted octanol–water partition coefficient (Wildman–Crippen LogP) is 4.65. The molecule has 2 N–H and O–H groups in total. The van der Waals surface area contributed by atoms with E-state index in [0.29, 0.717) is 28.0 Å². The summed E-state index contributed by atoms with van der Waals surface area (Å²) in [6.45, 7) is 7.74. The van der Waals surface area contributed by atoms with Crippen LogP contribution in [0.2, 0.25) is 0 Å². The van der Waals surface area contributed by atoms with Crippen molar-refractivity contribution in [3.05, 3.63) is 100 Å². The summed E-state index contributed by atoms with van der Waals surface area (Å²) in [6, 6.07) is 18.7. The summed E-state index contributed by atoms with van der Waals surface area (Å²) in [5, 5.41) is 12.3. The maximum Gasteiger partial charge on any atom is 0.265 e. The summed E-state index contributed by atoms with van der Waals surface area (Å²) < 4.78 is 3.27. The maximum absolute atomic E-state index is 14.0. The number of aryl methyl sites for hydroxylation is 1. The first-order valence-corrected chi connectivity index (χ1v) is 12.0. The minimum atomic E-state index is -0.477. The van der Waals surface area contributed by atoms with Gasteiger partial charge in [-0.2, -0.15) is 5.10 Å². The van der Waals surface area contributed by atoms with Gasteiger partial charge in [-0.3, -0.25) is 14.2 Å². The van der Waals surface area contributed by atoms with Crippen LogP contribution in [0.3, 0.4) is 0 Å². The molecule has 0 aliphatic rings. The fraction of sp³-hybridized carbons (Fsp3) is 0.214. The highest BCUT2D eigenvalue weighted by atomic mass is 16.2. The largest absolute Gasteiger partial charge is 0.382 e. The Morgan fingerprint density at radius 3 is 2.53 bits per heavy atom. The molecule has 36 heavy (non-hydrogen) atoms. The first kappa shape index (κ1) is 23.3. The molecule has 3 heterocycles. The first-order chi connectivity index (χ1) is 17.3. The number of aromatic nitrogens is 4. The van der Waals surface area contributed by atoms with Gasteiger partial charge in [-0.1, -0.05) is 30.3 Å². The average Bonchev–Trinajstić information content (AvgIpc) is 3.19. The predicted molar refractivity (Wildman–Crippen MR) is 142 cm³/mol. The summed E-state index contributed by atoms with van der Waals surface area (Å²) in [5.74, 6) is -0.295. The van der Waals surface area contributed by atoms with Crippen molar-refractivity contribution in [1.29, 1.82) is 0 Å². The third kappa shape index (κ3) is 4.11. The standard InChI is InChI=1S/C28H28N6O2/c1-17(2)30-22-13-8-10-20-16-23(34(28(36)25(20)22)21-11-6-5-7-12-21)18(3)31-27(35)24-19(4)32-33-15-9-14-29-26(24)33/h5-18,30H,1-4H3,(H,31,35)/t18-/m0/s1. The molecule has 0 bridgehead atoms. The van der Waals surface area contributed by atoms with E-state index in [1.165, 1.54) is 0 Å². The molecule has 0 spiro atoms. The van der Waals surface area contributed by atoms with E-state index in [2.05, 4.69) is 20.7 Å². The highest BCUT2D eigenvalue weighted by molar-refractivity contribution is 6.01. The number of carbonyl (C=O) groups is 1. The molecule has 2 aromatic carbocycles. The molecule has 8 heteroatoms. The second kappa shape index (κ2) is 9.30. The van der Waals surface area contributed by atoms with Crippen molar-refractivity contribution >= 4 is 28.0 Å². The lowest BCUT2D eigenvalue weighted by molar-refractivity contribution is 0.0939. The van der Waals surface area contributed by atoms with Crippen LogP contribution in [-0.2, 0) is 0 Å². The van der Waals surface area contributed by atoms with E-state index in [0.717, 1.165) is 16.8 Å². The molecule has 1 atom stereocenters. The number of rotatable bonds is 6. The molecule has 182 valence electrons. The number of benzene rings is 2. The van der Waals surface area contributed by atoms with Crippen molar-refractivity contribution in [1.82, 2.24) is 24.5 Å².